The van der Waals surface area contributed by atoms with E-state index < -0.39 is 0 Å². The number of carbonyl (C=O) groups is 1. The third kappa shape index (κ3) is 4.14. The van der Waals surface area contributed by atoms with Crippen molar-refractivity contribution in [3.8, 4) is 0 Å². The van der Waals surface area contributed by atoms with E-state index in [0.29, 0.717) is 19.4 Å². The topological polar surface area (TPSA) is 62.5 Å². The Balaban J connectivity index is 2.01. The van der Waals surface area contributed by atoms with Crippen molar-refractivity contribution in [2.24, 2.45) is 5.41 Å². The Morgan fingerprint density at radius 3 is 2.70 bits per heavy atom. The van der Waals surface area contributed by atoms with Crippen LogP contribution < -0.4 is 5.32 Å². The molecule has 1 amide bonds. The summed E-state index contributed by atoms with van der Waals surface area (Å²) in [7, 11) is 0. The highest BCUT2D eigenvalue weighted by Gasteiger charge is 2.26. The second-order valence-electron chi connectivity index (χ2n) is 6.39. The minimum Gasteiger partial charge on any atom is -0.464 e. The number of fused-ring (bicyclic) bond motifs is 1. The van der Waals surface area contributed by atoms with Gasteiger partial charge in [-0.2, -0.15) is 0 Å². The second-order valence-corrected chi connectivity index (χ2v) is 6.39. The molecule has 0 saturated heterocycles. The van der Waals surface area contributed by atoms with Crippen LogP contribution >= 0.6 is 0 Å². The molecule has 0 aliphatic carbocycles. The average Bonchev–Trinajstić information content (AvgIpc) is 2.93. The van der Waals surface area contributed by atoms with E-state index in [9.17, 15) is 9.90 Å². The minimum atomic E-state index is -0.0139. The highest BCUT2D eigenvalue weighted by molar-refractivity contribution is 5.87. The van der Waals surface area contributed by atoms with Crippen LogP contribution in [-0.2, 0) is 11.2 Å². The van der Waals surface area contributed by atoms with Gasteiger partial charge in [-0.15, -0.1) is 0 Å². The van der Waals surface area contributed by atoms with Crippen LogP contribution in [0.5, 0.6) is 0 Å². The van der Waals surface area contributed by atoms with E-state index in [1.807, 2.05) is 25.1 Å². The molecular formula is C19H27NO3. The van der Waals surface area contributed by atoms with Crippen LogP contribution in [-0.4, -0.2) is 24.2 Å². The molecule has 2 aromatic rings. The molecule has 23 heavy (non-hydrogen) atoms. The predicted molar refractivity (Wildman–Crippen MR) is 92.4 cm³/mol. The first-order valence-corrected chi connectivity index (χ1v) is 8.38. The number of furan rings is 1. The predicted octanol–water partition coefficient (Wildman–Crippen LogP) is 3.59. The van der Waals surface area contributed by atoms with E-state index in [1.165, 1.54) is 0 Å². The van der Waals surface area contributed by atoms with E-state index in [-0.39, 0.29) is 17.9 Å². The van der Waals surface area contributed by atoms with E-state index in [1.54, 1.807) is 6.26 Å². The van der Waals surface area contributed by atoms with Crippen molar-refractivity contribution < 1.29 is 14.3 Å². The molecule has 0 radical (unpaired) electrons. The lowest BCUT2D eigenvalue weighted by molar-refractivity contribution is -0.121. The van der Waals surface area contributed by atoms with Crippen LogP contribution in [0.2, 0.25) is 0 Å². The molecule has 0 aliphatic heterocycles. The number of hydrogen-bond acceptors (Lipinski definition) is 3. The van der Waals surface area contributed by atoms with Crippen molar-refractivity contribution in [3.63, 3.8) is 0 Å². The van der Waals surface area contributed by atoms with Gasteiger partial charge in [-0.3, -0.25) is 4.79 Å². The fourth-order valence-electron chi connectivity index (χ4n) is 3.03. The lowest BCUT2D eigenvalue weighted by atomic mass is 9.79. The van der Waals surface area contributed by atoms with Crippen LogP contribution in [0.4, 0.5) is 0 Å². The average molecular weight is 317 g/mol. The maximum absolute atomic E-state index is 12.3. The summed E-state index contributed by atoms with van der Waals surface area (Å²) in [4.78, 5) is 12.3. The molecule has 0 bridgehead atoms. The van der Waals surface area contributed by atoms with Crippen molar-refractivity contribution in [1.82, 2.24) is 5.32 Å². The van der Waals surface area contributed by atoms with Gasteiger partial charge in [0.25, 0.3) is 0 Å². The van der Waals surface area contributed by atoms with Crippen molar-refractivity contribution in [3.05, 3.63) is 35.6 Å². The van der Waals surface area contributed by atoms with Gasteiger partial charge in [0.05, 0.1) is 12.7 Å². The lowest BCUT2D eigenvalue weighted by Crippen LogP contribution is -2.38. The molecule has 0 unspecified atom stereocenters. The van der Waals surface area contributed by atoms with Gasteiger partial charge in [0.15, 0.2) is 0 Å². The molecule has 0 atom stereocenters. The molecule has 4 heteroatoms. The summed E-state index contributed by atoms with van der Waals surface area (Å²) in [6.07, 6.45) is 4.59. The number of amides is 1. The highest BCUT2D eigenvalue weighted by atomic mass is 16.3. The van der Waals surface area contributed by atoms with Gasteiger partial charge in [-0.25, -0.2) is 0 Å². The summed E-state index contributed by atoms with van der Waals surface area (Å²) in [5, 5.41) is 13.3. The Labute approximate surface area is 137 Å². The van der Waals surface area contributed by atoms with Crippen molar-refractivity contribution in [2.75, 3.05) is 13.2 Å². The van der Waals surface area contributed by atoms with Crippen LogP contribution in [0.1, 0.15) is 44.2 Å². The fraction of sp³-hybridized carbons (Fsp3) is 0.526. The van der Waals surface area contributed by atoms with Crippen LogP contribution in [0.15, 0.2) is 28.9 Å². The largest absolute Gasteiger partial charge is 0.464 e. The Kier molecular flexibility index (Phi) is 5.83. The maximum atomic E-state index is 12.3. The maximum Gasteiger partial charge on any atom is 0.224 e. The molecule has 126 valence electrons. The van der Waals surface area contributed by atoms with Crippen molar-refractivity contribution >= 4 is 16.9 Å². The van der Waals surface area contributed by atoms with Crippen LogP contribution in [0, 0.1) is 12.3 Å². The van der Waals surface area contributed by atoms with Crippen LogP contribution in [0.3, 0.4) is 0 Å². The Morgan fingerprint density at radius 2 is 2.04 bits per heavy atom. The first-order chi connectivity index (χ1) is 11.0. The van der Waals surface area contributed by atoms with Gasteiger partial charge in [0.1, 0.15) is 5.58 Å². The number of nitrogens with one attached hydrogen (secondary N) is 1. The molecule has 0 saturated carbocycles. The molecule has 1 aromatic heterocycles. The zero-order valence-electron chi connectivity index (χ0n) is 14.3. The normalized spacial score (nSPS) is 11.8. The molecule has 0 fully saturated rings. The lowest BCUT2D eigenvalue weighted by Gasteiger charge is -2.31. The number of aliphatic hydroxyl groups is 1. The van der Waals surface area contributed by atoms with Crippen molar-refractivity contribution in [1.29, 1.82) is 0 Å². The van der Waals surface area contributed by atoms with Gasteiger partial charge >= 0.3 is 0 Å². The molecule has 4 nitrogen and oxygen atoms in total. The standard InChI is InChI=1S/C19H27NO3/c1-4-19(5-2,8-9-21)13-20-18(22)11-15-12-23-17-10-14(3)6-7-16(15)17/h6-7,10,12,21H,4-5,8-9,11,13H2,1-3H3,(H,20,22). The number of hydrogen-bond donors (Lipinski definition) is 2. The highest BCUT2D eigenvalue weighted by Crippen LogP contribution is 2.29. The van der Waals surface area contributed by atoms with Crippen molar-refractivity contribution in [2.45, 2.75) is 46.5 Å². The monoisotopic (exact) mass is 317 g/mol. The third-order valence-electron chi connectivity index (χ3n) is 4.96. The summed E-state index contributed by atoms with van der Waals surface area (Å²) < 4.78 is 5.54. The van der Waals surface area contributed by atoms with Gasteiger partial charge in [-0.05, 0) is 43.2 Å². The fourth-order valence-corrected chi connectivity index (χ4v) is 3.03. The molecule has 0 aliphatic rings. The second kappa shape index (κ2) is 7.64. The van der Waals surface area contributed by atoms with Gasteiger partial charge in [-0.1, -0.05) is 26.0 Å². The summed E-state index contributed by atoms with van der Waals surface area (Å²) in [6.45, 7) is 7.00. The summed E-state index contributed by atoms with van der Waals surface area (Å²) >= 11 is 0. The summed E-state index contributed by atoms with van der Waals surface area (Å²) in [5.74, 6) is -0.00232. The first kappa shape index (κ1) is 17.5. The summed E-state index contributed by atoms with van der Waals surface area (Å²) in [5.41, 5.74) is 2.87. The quantitative estimate of drug-likeness (QED) is 0.782. The number of rotatable bonds is 8. The number of carbonyl (C=O) groups excluding carboxylic acids is 1. The minimum absolute atomic E-state index is 0.00232. The van der Waals surface area contributed by atoms with Gasteiger partial charge in [0, 0.05) is 24.1 Å². The molecule has 2 rings (SSSR count). The van der Waals surface area contributed by atoms with E-state index in [0.717, 1.165) is 34.9 Å². The molecular weight excluding hydrogens is 290 g/mol. The Morgan fingerprint density at radius 1 is 1.30 bits per heavy atom. The summed E-state index contributed by atoms with van der Waals surface area (Å²) in [6, 6.07) is 6.02. The van der Waals surface area contributed by atoms with E-state index in [4.69, 9.17) is 4.42 Å². The SMILES string of the molecule is CCC(CC)(CCO)CNC(=O)Cc1coc2cc(C)ccc12. The van der Waals surface area contributed by atoms with Gasteiger partial charge < -0.3 is 14.8 Å². The van der Waals surface area contributed by atoms with Gasteiger partial charge in [0.2, 0.25) is 5.91 Å². The Hall–Kier alpha value is -1.81. The number of aliphatic hydroxyl groups excluding tert-OH is 1. The zero-order chi connectivity index (χ0) is 16.9. The molecule has 0 spiro atoms. The Bertz CT molecular complexity index is 656. The van der Waals surface area contributed by atoms with Crippen LogP contribution in [0.25, 0.3) is 11.0 Å². The molecule has 1 aromatic carbocycles. The molecule has 1 heterocycles. The molecule has 2 N–H and O–H groups in total. The smallest absolute Gasteiger partial charge is 0.224 e. The number of aryl methyl sites for hydroxylation is 1. The van der Waals surface area contributed by atoms with E-state index >= 15 is 0 Å². The zero-order valence-corrected chi connectivity index (χ0v) is 14.3. The third-order valence-corrected chi connectivity index (χ3v) is 4.96. The number of benzene rings is 1. The first-order valence-electron chi connectivity index (χ1n) is 8.38. The van der Waals surface area contributed by atoms with E-state index in [2.05, 4.69) is 19.2 Å².